The van der Waals surface area contributed by atoms with Crippen LogP contribution < -0.4 is 4.90 Å². The first-order valence-corrected chi connectivity index (χ1v) is 17.9. The third kappa shape index (κ3) is 14.6. The quantitative estimate of drug-likeness (QED) is 0.0684. The van der Waals surface area contributed by atoms with Gasteiger partial charge in [-0.15, -0.1) is 0 Å². The summed E-state index contributed by atoms with van der Waals surface area (Å²) >= 11 is 0. The van der Waals surface area contributed by atoms with E-state index in [0.29, 0.717) is 12.2 Å². The van der Waals surface area contributed by atoms with Gasteiger partial charge < -0.3 is 9.84 Å². The van der Waals surface area contributed by atoms with Gasteiger partial charge in [-0.1, -0.05) is 103 Å². The van der Waals surface area contributed by atoms with E-state index in [1.165, 1.54) is 18.2 Å². The molecule has 12 heteroatoms. The molecule has 0 saturated carbocycles. The summed E-state index contributed by atoms with van der Waals surface area (Å²) in [5.74, 6) is 0. The number of aryl methyl sites for hydroxylation is 3. The van der Waals surface area contributed by atoms with E-state index in [1.54, 1.807) is 35.2 Å². The van der Waals surface area contributed by atoms with Crippen molar-refractivity contribution in [2.24, 2.45) is 4.99 Å². The monoisotopic (exact) mass is 957 g/mol. The van der Waals surface area contributed by atoms with Crippen molar-refractivity contribution in [1.29, 1.82) is 1.34 Å². The molecule has 0 aromatic heterocycles. The third-order valence-corrected chi connectivity index (χ3v) is 9.19. The Labute approximate surface area is 339 Å². The number of amides is 1. The number of hydrogen-bond acceptors (Lipinski definition) is 8. The van der Waals surface area contributed by atoms with Crippen LogP contribution in [0.3, 0.4) is 0 Å². The largest absolute Gasteiger partial charge is 0.441 e. The Hall–Kier alpha value is -4.26. The first kappa shape index (κ1) is 43.1. The standard InChI is InChI=1S/C17H17NO2.C16H18O4S.C8H7NO.BH.U/c1-13-6-5-9-15(12-13)18-11-10-16(20-17(18)19)14-7-3-2-4-8-14;1-13-7-9-15(10-8-13)21(18,19)20-12-11-16(17)14-5-3-2-4-6-14;1-7-3-2-4-8(5-7)9-6-10;;/h2-9,12,16H,10-11H2,1H3;2-10,16-17H,11-12H2,1H3;2-5H,1H3;1H;/t2*16-;;;/m11.../s1/i;;;1D;. The van der Waals surface area contributed by atoms with Crippen molar-refractivity contribution < 1.29 is 63.1 Å². The van der Waals surface area contributed by atoms with Gasteiger partial charge in [0.1, 0.15) is 6.10 Å². The van der Waals surface area contributed by atoms with Crippen LogP contribution in [0.2, 0.25) is 0 Å². The fraction of sp³-hybridized carbons (Fsp3) is 0.220. The van der Waals surface area contributed by atoms with Gasteiger partial charge in [-0.2, -0.15) is 13.4 Å². The molecule has 0 aliphatic carbocycles. The molecule has 1 aliphatic rings. The Kier molecular flexibility index (Phi) is 18.5. The van der Waals surface area contributed by atoms with Crippen LogP contribution in [0.4, 0.5) is 16.2 Å². The molecule has 1 amide bonds. The molecule has 2 atom stereocenters. The van der Waals surface area contributed by atoms with E-state index in [9.17, 15) is 23.1 Å². The van der Waals surface area contributed by atoms with Gasteiger partial charge in [-0.05, 0) is 80.8 Å². The summed E-state index contributed by atoms with van der Waals surface area (Å²) in [6.07, 6.45) is 1.37. The van der Waals surface area contributed by atoms with Crippen LogP contribution >= 0.6 is 0 Å². The molecule has 1 aliphatic heterocycles. The zero-order valence-corrected chi connectivity index (χ0v) is 34.9. The minimum Gasteiger partial charge on any atom is -0.441 e. The van der Waals surface area contributed by atoms with Crippen LogP contribution in [0.1, 0.15) is 52.9 Å². The molecule has 1 saturated heterocycles. The Morgan fingerprint density at radius 3 is 2.06 bits per heavy atom. The number of anilines is 1. The second-order valence-electron chi connectivity index (χ2n) is 11.9. The van der Waals surface area contributed by atoms with Crippen LogP contribution in [0, 0.1) is 51.9 Å². The molecule has 9 nitrogen and oxygen atoms in total. The van der Waals surface area contributed by atoms with E-state index in [-0.39, 0.29) is 61.2 Å². The normalized spacial score (nSPS) is 14.0. The van der Waals surface area contributed by atoms with Crippen LogP contribution in [-0.4, -0.2) is 48.6 Å². The van der Waals surface area contributed by atoms with Crippen LogP contribution in [0.15, 0.2) is 143 Å². The maximum absolute atomic E-state index is 12.2. The average Bonchev–Trinajstić information content (AvgIpc) is 3.17. The number of carbonyl (C=O) groups is 1. The minimum absolute atomic E-state index is 0. The molecular formula is C41H43BN2O7SU. The summed E-state index contributed by atoms with van der Waals surface area (Å²) in [7, 11) is -0.0160. The second kappa shape index (κ2) is 22.7. The molecule has 1 heterocycles. The van der Waals surface area contributed by atoms with Crippen molar-refractivity contribution in [3.8, 4) is 0 Å². The summed E-state index contributed by atoms with van der Waals surface area (Å²) in [5, 5.41) is 9.95. The molecular weight excluding hydrogens is 913 g/mol. The van der Waals surface area contributed by atoms with Crippen molar-refractivity contribution in [2.75, 3.05) is 18.1 Å². The molecule has 272 valence electrons. The predicted molar refractivity (Wildman–Crippen MR) is 205 cm³/mol. The number of hydrogen-bond donors (Lipinski definition) is 1. The fourth-order valence-electron chi connectivity index (χ4n) is 5.15. The third-order valence-electron chi connectivity index (χ3n) is 7.86. The number of carbonyl (C=O) groups excluding carboxylic acids is 2. The molecule has 0 bridgehead atoms. The van der Waals surface area contributed by atoms with Crippen LogP contribution in [-0.2, 0) is 23.8 Å². The maximum atomic E-state index is 12.2. The van der Waals surface area contributed by atoms with Gasteiger partial charge in [-0.25, -0.2) is 9.59 Å². The number of benzene rings is 5. The maximum Gasteiger partial charge on any atom is 0.414 e. The Bertz CT molecular complexity index is 2020. The smallest absolute Gasteiger partial charge is 0.414 e. The van der Waals surface area contributed by atoms with E-state index in [0.717, 1.165) is 39.9 Å². The summed E-state index contributed by atoms with van der Waals surface area (Å²) < 4.78 is 39.7. The summed E-state index contributed by atoms with van der Waals surface area (Å²) in [6, 6.07) is 40.8. The minimum atomic E-state index is -3.77. The van der Waals surface area contributed by atoms with Crippen molar-refractivity contribution in [3.05, 3.63) is 161 Å². The van der Waals surface area contributed by atoms with Gasteiger partial charge in [0.2, 0.25) is 6.08 Å². The van der Waals surface area contributed by atoms with Gasteiger partial charge in [0.25, 0.3) is 10.1 Å². The zero-order valence-electron chi connectivity index (χ0n) is 31.0. The Morgan fingerprint density at radius 2 is 1.47 bits per heavy atom. The first-order valence-electron chi connectivity index (χ1n) is 17.1. The van der Waals surface area contributed by atoms with Crippen molar-refractivity contribution in [3.63, 3.8) is 0 Å². The number of isocyanates is 1. The van der Waals surface area contributed by atoms with E-state index < -0.39 is 16.2 Å². The number of ether oxygens (including phenoxy) is 1. The number of cyclic esters (lactones) is 1. The van der Waals surface area contributed by atoms with Crippen molar-refractivity contribution >= 4 is 42.0 Å². The molecule has 1 N–H and O–H groups in total. The number of rotatable bonds is 9. The molecule has 0 unspecified atom stereocenters. The summed E-state index contributed by atoms with van der Waals surface area (Å²) in [6.45, 7) is 6.47. The van der Waals surface area contributed by atoms with E-state index >= 15 is 0 Å². The average molecular weight is 958 g/mol. The number of nitrogens with zero attached hydrogens (tertiary/aromatic N) is 2. The van der Waals surface area contributed by atoms with E-state index in [1.807, 2.05) is 112 Å². The SMILES string of the molecule is Cc1ccc(S(=O)(=O)OCC[C@@H](O)c2ccccc2)cc1.Cc1cccc(N2CC[C@H](c3ccccc3)OC2=O)c1.Cc1cccc(N=C=O)c1.[2H][B].[U]. The van der Waals surface area contributed by atoms with Crippen LogP contribution in [0.25, 0.3) is 0 Å². The zero-order chi connectivity index (χ0) is 38.6. The summed E-state index contributed by atoms with van der Waals surface area (Å²) in [5.41, 5.74) is 6.58. The van der Waals surface area contributed by atoms with E-state index in [2.05, 4.69) is 13.4 Å². The fourth-order valence-corrected chi connectivity index (χ4v) is 6.07. The van der Waals surface area contributed by atoms with Crippen molar-refractivity contribution in [1.82, 2.24) is 0 Å². The summed E-state index contributed by atoms with van der Waals surface area (Å²) in [4.78, 5) is 27.3. The predicted octanol–water partition coefficient (Wildman–Crippen LogP) is 8.22. The Morgan fingerprint density at radius 1 is 0.868 bits per heavy atom. The Balaban J connectivity index is 0.000000286. The molecule has 5 aromatic rings. The molecule has 1 fully saturated rings. The molecule has 5 aromatic carbocycles. The topological polar surface area (TPSA) is 123 Å². The van der Waals surface area contributed by atoms with Crippen LogP contribution in [0.5, 0.6) is 0 Å². The molecule has 53 heavy (non-hydrogen) atoms. The molecule has 2 radical (unpaired) electrons. The first-order chi connectivity index (χ1) is 25.6. The number of aliphatic imine (C=N–C) groups is 1. The van der Waals surface area contributed by atoms with Gasteiger partial charge in [0.05, 0.1) is 23.3 Å². The molecule has 0 spiro atoms. The molecule has 6 rings (SSSR count). The number of aliphatic hydroxyl groups is 1. The van der Waals surface area contributed by atoms with E-state index in [4.69, 9.17) is 10.3 Å². The van der Waals surface area contributed by atoms with Crippen molar-refractivity contribution in [2.45, 2.75) is 50.7 Å². The van der Waals surface area contributed by atoms with Gasteiger partial charge >= 0.3 is 6.09 Å². The van der Waals surface area contributed by atoms with Gasteiger partial charge in [0.15, 0.2) is 0 Å². The number of aliphatic hydroxyl groups excluding tert-OH is 1. The second-order valence-corrected chi connectivity index (χ2v) is 13.5. The van der Waals surface area contributed by atoms with Gasteiger partial charge in [-0.3, -0.25) is 9.08 Å². The van der Waals surface area contributed by atoms with Gasteiger partial charge in [0, 0.05) is 64.6 Å².